The molecule has 0 N–H and O–H groups in total. The summed E-state index contributed by atoms with van der Waals surface area (Å²) >= 11 is 8.50. The van der Waals surface area contributed by atoms with Gasteiger partial charge in [-0.25, -0.2) is 4.79 Å². The number of para-hydroxylation sites is 1. The van der Waals surface area contributed by atoms with Gasteiger partial charge in [-0.3, -0.25) is 0 Å². The van der Waals surface area contributed by atoms with Crippen LogP contribution in [0.3, 0.4) is 0 Å². The van der Waals surface area contributed by atoms with E-state index in [1.165, 1.54) is 4.74 Å². The van der Waals surface area contributed by atoms with Crippen molar-refractivity contribution >= 4 is 33.3 Å². The van der Waals surface area contributed by atoms with Crippen molar-refractivity contribution in [2.75, 3.05) is 0 Å². The van der Waals surface area contributed by atoms with E-state index >= 15 is 0 Å². The molecule has 2 aromatic carbocycles. The standard InChI is InChI=1S/C16H10BrNO3S/c17-13-14(11-7-3-1-4-8-11)18(21-15(13)19)16(22)20-12-9-5-2-6-10-12/h1-10H. The van der Waals surface area contributed by atoms with Crippen LogP contribution in [0.1, 0.15) is 0 Å². The Kier molecular flexibility index (Phi) is 4.22. The number of halogens is 1. The zero-order chi connectivity index (χ0) is 15.5. The fourth-order valence-electron chi connectivity index (χ4n) is 1.95. The van der Waals surface area contributed by atoms with Crippen LogP contribution in [0.2, 0.25) is 0 Å². The van der Waals surface area contributed by atoms with Crippen molar-refractivity contribution in [2.24, 2.45) is 0 Å². The van der Waals surface area contributed by atoms with Gasteiger partial charge in [-0.05, 0) is 40.3 Å². The number of hydrogen-bond donors (Lipinski definition) is 0. The molecule has 0 saturated heterocycles. The van der Waals surface area contributed by atoms with Gasteiger partial charge in [-0.2, -0.15) is 0 Å². The van der Waals surface area contributed by atoms with E-state index in [4.69, 9.17) is 21.5 Å². The minimum atomic E-state index is -0.516. The molecule has 0 aliphatic carbocycles. The molecule has 0 unspecified atom stereocenters. The van der Waals surface area contributed by atoms with Gasteiger partial charge in [0, 0.05) is 5.56 Å². The van der Waals surface area contributed by atoms with Crippen molar-refractivity contribution in [1.82, 2.24) is 4.74 Å². The lowest BCUT2D eigenvalue weighted by atomic mass is 10.1. The van der Waals surface area contributed by atoms with Crippen molar-refractivity contribution in [1.29, 1.82) is 0 Å². The number of hydrogen-bond acceptors (Lipinski definition) is 4. The number of thiocarbonyl (C=S) groups is 1. The molecule has 1 aromatic heterocycles. The molecule has 0 saturated carbocycles. The Labute approximate surface area is 140 Å². The second kappa shape index (κ2) is 6.29. The van der Waals surface area contributed by atoms with Crippen LogP contribution in [-0.2, 0) is 0 Å². The van der Waals surface area contributed by atoms with Crippen LogP contribution < -0.4 is 10.4 Å². The zero-order valence-electron chi connectivity index (χ0n) is 11.2. The number of rotatable bonds is 2. The summed E-state index contributed by atoms with van der Waals surface area (Å²) in [7, 11) is 0. The normalized spacial score (nSPS) is 10.4. The fraction of sp³-hybridized carbons (Fsp3) is 0. The molecule has 3 rings (SSSR count). The summed E-state index contributed by atoms with van der Waals surface area (Å²) in [4.78, 5) is 11.8. The van der Waals surface area contributed by atoms with Gasteiger partial charge >= 0.3 is 10.8 Å². The van der Waals surface area contributed by atoms with Crippen LogP contribution in [-0.4, -0.2) is 9.91 Å². The predicted molar refractivity (Wildman–Crippen MR) is 91.2 cm³/mol. The molecule has 0 aliphatic heterocycles. The summed E-state index contributed by atoms with van der Waals surface area (Å²) in [6.07, 6.45) is 0. The minimum absolute atomic E-state index is 0.0350. The van der Waals surface area contributed by atoms with E-state index in [0.29, 0.717) is 15.9 Å². The van der Waals surface area contributed by atoms with E-state index in [0.717, 1.165) is 5.56 Å². The van der Waals surface area contributed by atoms with E-state index in [-0.39, 0.29) is 5.17 Å². The highest BCUT2D eigenvalue weighted by molar-refractivity contribution is 9.10. The van der Waals surface area contributed by atoms with Crippen molar-refractivity contribution in [2.45, 2.75) is 0 Å². The third-order valence-electron chi connectivity index (χ3n) is 2.93. The summed E-state index contributed by atoms with van der Waals surface area (Å²) in [6.45, 7) is 0. The smallest absolute Gasteiger partial charge is 0.373 e. The van der Waals surface area contributed by atoms with Crippen LogP contribution >= 0.6 is 28.1 Å². The molecule has 1 heterocycles. The van der Waals surface area contributed by atoms with Gasteiger partial charge in [0.2, 0.25) is 0 Å². The third kappa shape index (κ3) is 2.88. The van der Waals surface area contributed by atoms with Gasteiger partial charge in [0.05, 0.1) is 0 Å². The lowest BCUT2D eigenvalue weighted by molar-refractivity contribution is 0.316. The van der Waals surface area contributed by atoms with Crippen molar-refractivity contribution < 1.29 is 9.26 Å². The minimum Gasteiger partial charge on any atom is -0.430 e. The molecule has 3 aromatic rings. The Hall–Kier alpha value is -2.18. The van der Waals surface area contributed by atoms with Crippen LogP contribution in [0.15, 0.2) is 74.5 Å². The van der Waals surface area contributed by atoms with Crippen molar-refractivity contribution in [3.63, 3.8) is 0 Å². The molecule has 22 heavy (non-hydrogen) atoms. The summed E-state index contributed by atoms with van der Waals surface area (Å²) in [5.41, 5.74) is 0.795. The van der Waals surface area contributed by atoms with E-state index in [9.17, 15) is 4.79 Å². The Bertz CT molecular complexity index is 856. The third-order valence-corrected chi connectivity index (χ3v) is 3.87. The van der Waals surface area contributed by atoms with E-state index in [1.54, 1.807) is 12.1 Å². The molecule has 0 amide bonds. The summed E-state index contributed by atoms with van der Waals surface area (Å²) in [5, 5.41) is 0.0350. The Morgan fingerprint density at radius 2 is 1.64 bits per heavy atom. The van der Waals surface area contributed by atoms with Crippen LogP contribution in [0.4, 0.5) is 0 Å². The first-order valence-corrected chi connectivity index (χ1v) is 7.61. The molecule has 110 valence electrons. The topological polar surface area (TPSA) is 44.4 Å². The molecule has 0 atom stereocenters. The van der Waals surface area contributed by atoms with Gasteiger partial charge < -0.3 is 9.26 Å². The molecule has 0 radical (unpaired) electrons. The van der Waals surface area contributed by atoms with Crippen molar-refractivity contribution in [3.8, 4) is 17.0 Å². The maximum Gasteiger partial charge on any atom is 0.373 e. The van der Waals surface area contributed by atoms with E-state index in [2.05, 4.69) is 15.9 Å². The summed E-state index contributed by atoms with van der Waals surface area (Å²) < 4.78 is 12.3. The molecule has 6 heteroatoms. The van der Waals surface area contributed by atoms with Gasteiger partial charge in [-0.15, -0.1) is 4.74 Å². The van der Waals surface area contributed by atoms with Crippen LogP contribution in [0.5, 0.6) is 5.75 Å². The number of nitrogens with zero attached hydrogens (tertiary/aromatic N) is 1. The highest BCUT2D eigenvalue weighted by Crippen LogP contribution is 2.26. The lowest BCUT2D eigenvalue weighted by Gasteiger charge is -2.09. The van der Waals surface area contributed by atoms with E-state index < -0.39 is 5.63 Å². The van der Waals surface area contributed by atoms with Gasteiger partial charge in [0.1, 0.15) is 15.9 Å². The molecule has 0 spiro atoms. The average Bonchev–Trinajstić information content (AvgIpc) is 2.85. The predicted octanol–water partition coefficient (Wildman–Crippen LogP) is 4.08. The quantitative estimate of drug-likeness (QED) is 0.633. The first kappa shape index (κ1) is 14.7. The molecular formula is C16H10BrNO3S. The largest absolute Gasteiger partial charge is 0.430 e. The van der Waals surface area contributed by atoms with Gasteiger partial charge in [-0.1, -0.05) is 48.5 Å². The fourth-order valence-corrected chi connectivity index (χ4v) is 2.64. The second-order valence-electron chi connectivity index (χ2n) is 4.38. The SMILES string of the molecule is O=c1on(C(=S)Oc2ccccc2)c(-c2ccccc2)c1Br. The molecule has 0 aliphatic rings. The lowest BCUT2D eigenvalue weighted by Crippen LogP contribution is -2.17. The van der Waals surface area contributed by atoms with Gasteiger partial charge in [0.15, 0.2) is 0 Å². The first-order valence-electron chi connectivity index (χ1n) is 6.41. The van der Waals surface area contributed by atoms with E-state index in [1.807, 2.05) is 48.5 Å². The highest BCUT2D eigenvalue weighted by atomic mass is 79.9. The second-order valence-corrected chi connectivity index (χ2v) is 5.52. The molecule has 0 fully saturated rings. The zero-order valence-corrected chi connectivity index (χ0v) is 13.6. The summed E-state index contributed by atoms with van der Waals surface area (Å²) in [5.74, 6) is 0.569. The van der Waals surface area contributed by atoms with Gasteiger partial charge in [0.25, 0.3) is 0 Å². The van der Waals surface area contributed by atoms with Crippen LogP contribution in [0.25, 0.3) is 11.3 Å². The summed E-state index contributed by atoms with van der Waals surface area (Å²) in [6, 6.07) is 18.4. The Morgan fingerprint density at radius 3 is 2.27 bits per heavy atom. The Balaban J connectivity index is 2.03. The molecular weight excluding hydrogens is 366 g/mol. The number of benzene rings is 2. The number of aromatic nitrogens is 1. The monoisotopic (exact) mass is 375 g/mol. The van der Waals surface area contributed by atoms with Crippen molar-refractivity contribution in [3.05, 3.63) is 75.6 Å². The first-order chi connectivity index (χ1) is 10.7. The Morgan fingerprint density at radius 1 is 1.05 bits per heavy atom. The average molecular weight is 376 g/mol. The highest BCUT2D eigenvalue weighted by Gasteiger charge is 2.20. The maximum absolute atomic E-state index is 11.8. The maximum atomic E-state index is 11.8. The van der Waals surface area contributed by atoms with Crippen LogP contribution in [0, 0.1) is 0 Å². The number of ether oxygens (including phenoxy) is 1. The molecule has 4 nitrogen and oxygen atoms in total. The molecule has 0 bridgehead atoms.